The van der Waals surface area contributed by atoms with Gasteiger partial charge in [0.2, 0.25) is 0 Å². The first kappa shape index (κ1) is 28.9. The minimum Gasteiger partial charge on any atom is -0.378 e. The molecule has 2 N–H and O–H groups in total. The van der Waals surface area contributed by atoms with Crippen LogP contribution in [0.25, 0.3) is 20.3 Å². The van der Waals surface area contributed by atoms with Crippen molar-refractivity contribution < 1.29 is 22.1 Å². The normalized spacial score (nSPS) is 18.6. The van der Waals surface area contributed by atoms with Crippen LogP contribution in [0.2, 0.25) is 0 Å². The summed E-state index contributed by atoms with van der Waals surface area (Å²) in [6.07, 6.45) is -5.96. The van der Waals surface area contributed by atoms with E-state index < -0.39 is 32.0 Å². The zero-order valence-electron chi connectivity index (χ0n) is 22.2. The number of fused-ring (bicyclic) bond motifs is 2. The van der Waals surface area contributed by atoms with Gasteiger partial charge in [-0.2, -0.15) is 13.2 Å². The lowest BCUT2D eigenvalue weighted by molar-refractivity contribution is -0.126. The zero-order chi connectivity index (χ0) is 28.7. The van der Waals surface area contributed by atoms with Gasteiger partial charge < -0.3 is 20.1 Å². The van der Waals surface area contributed by atoms with Gasteiger partial charge in [0.1, 0.15) is 13.3 Å². The van der Waals surface area contributed by atoms with Crippen LogP contribution in [0, 0.1) is 11.8 Å². The molecule has 12 heteroatoms. The molecule has 2 aromatic carbocycles. The van der Waals surface area contributed by atoms with Crippen LogP contribution in [0.1, 0.15) is 16.9 Å². The van der Waals surface area contributed by atoms with E-state index in [9.17, 15) is 22.1 Å². The van der Waals surface area contributed by atoms with Crippen LogP contribution in [-0.4, -0.2) is 68.3 Å². The van der Waals surface area contributed by atoms with Crippen molar-refractivity contribution in [1.29, 1.82) is 0 Å². The van der Waals surface area contributed by atoms with Crippen LogP contribution in [-0.2, 0) is 11.0 Å². The molecule has 0 unspecified atom stereocenters. The number of benzene rings is 2. The summed E-state index contributed by atoms with van der Waals surface area (Å²) >= 11 is 2.62. The molecule has 2 atom stereocenters. The fourth-order valence-corrected chi connectivity index (χ4v) is 8.12. The number of nitrogens with one attached hydrogen (secondary N) is 2. The summed E-state index contributed by atoms with van der Waals surface area (Å²) < 4.78 is 69.6. The summed E-state index contributed by atoms with van der Waals surface area (Å²) in [5.74, 6) is 5.94. The second-order valence-corrected chi connectivity index (χ2v) is 15.4. The van der Waals surface area contributed by atoms with Gasteiger partial charge in [-0.3, -0.25) is 0 Å². The highest BCUT2D eigenvalue weighted by atomic mass is 32.1. The number of halogens is 4. The molecule has 40 heavy (non-hydrogen) atoms. The smallest absolute Gasteiger partial charge is 0.378 e. The van der Waals surface area contributed by atoms with Crippen LogP contribution < -0.4 is 15.9 Å². The fraction of sp³-hybridized carbons (Fsp3) is 0.393. The summed E-state index contributed by atoms with van der Waals surface area (Å²) in [7, 11) is -0.642. The number of hydrogen-bond donors (Lipinski definition) is 2. The average molecular weight is 609 g/mol. The molecule has 5 nitrogen and oxygen atoms in total. The third-order valence-electron chi connectivity index (χ3n) is 6.89. The molecule has 0 bridgehead atoms. The van der Waals surface area contributed by atoms with Crippen molar-refractivity contribution in [2.75, 3.05) is 50.6 Å². The van der Waals surface area contributed by atoms with E-state index in [4.69, 9.17) is 0 Å². The fourth-order valence-electron chi connectivity index (χ4n) is 4.95. The maximum Gasteiger partial charge on any atom is 0.393 e. The number of piperidine rings is 1. The Kier molecular flexibility index (Phi) is 8.17. The maximum absolute atomic E-state index is 14.7. The molecule has 0 saturated carbocycles. The molecule has 1 aliphatic heterocycles. The molecule has 1 saturated heterocycles. The summed E-state index contributed by atoms with van der Waals surface area (Å²) in [6.45, 7) is 4.66. The molecule has 2 aromatic heterocycles. The highest BCUT2D eigenvalue weighted by Crippen LogP contribution is 2.41. The number of likely N-dealkylation sites (tertiary alicyclic amines) is 1. The maximum atomic E-state index is 14.7. The van der Waals surface area contributed by atoms with Crippen molar-refractivity contribution in [3.63, 3.8) is 0 Å². The molecule has 212 valence electrons. The van der Waals surface area contributed by atoms with E-state index in [1.165, 1.54) is 22.7 Å². The lowest BCUT2D eigenvalue weighted by atomic mass is 10.0. The van der Waals surface area contributed by atoms with Crippen molar-refractivity contribution in [3.8, 4) is 11.8 Å². The van der Waals surface area contributed by atoms with Gasteiger partial charge in [0.25, 0.3) is 0 Å². The highest BCUT2D eigenvalue weighted by Gasteiger charge is 2.32. The first-order valence-corrected chi connectivity index (χ1v) is 17.1. The molecule has 1 fully saturated rings. The van der Waals surface area contributed by atoms with E-state index in [-0.39, 0.29) is 12.1 Å². The number of nitrogens with zero attached hydrogens (tertiary/aromatic N) is 2. The van der Waals surface area contributed by atoms with Gasteiger partial charge in [0.05, 0.1) is 55.7 Å². The van der Waals surface area contributed by atoms with E-state index in [0.29, 0.717) is 44.4 Å². The minimum absolute atomic E-state index is 0.139. The van der Waals surface area contributed by atoms with Gasteiger partial charge in [0, 0.05) is 18.4 Å². The topological polar surface area (TPSA) is 57.3 Å². The van der Waals surface area contributed by atoms with Crippen molar-refractivity contribution in [2.45, 2.75) is 31.2 Å². The Bertz CT molecular complexity index is 1650. The van der Waals surface area contributed by atoms with E-state index >= 15 is 0 Å². The number of alkyl halides is 4. The standard InChI is InChI=1S/C28H29F4N4OPS2/c1-36-13-11-20(19(29)15-36)35-22-7-4-6-17-18(14-28(30,31)32)24(40-26(17)22)8-5-12-33-21-9-10-23(38(2,3)37)25-27(21)39-16-34-25/h4,6-7,9-10,16,19-20,33,35H,11-15H2,1-3H3/t19-,20+/m0/s1. The first-order chi connectivity index (χ1) is 18.9. The average Bonchev–Trinajstić information content (AvgIpc) is 3.48. The second-order valence-electron chi connectivity index (χ2n) is 10.4. The Morgan fingerprint density at radius 1 is 1.18 bits per heavy atom. The van der Waals surface area contributed by atoms with Gasteiger partial charge >= 0.3 is 6.18 Å². The van der Waals surface area contributed by atoms with Crippen LogP contribution in [0.5, 0.6) is 0 Å². The molecule has 0 aliphatic carbocycles. The van der Waals surface area contributed by atoms with E-state index in [1.54, 1.807) is 43.1 Å². The van der Waals surface area contributed by atoms with Crippen LogP contribution in [0.15, 0.2) is 35.8 Å². The highest BCUT2D eigenvalue weighted by molar-refractivity contribution is 7.70. The van der Waals surface area contributed by atoms with E-state index in [2.05, 4.69) is 27.5 Å². The van der Waals surface area contributed by atoms with Crippen molar-refractivity contribution >= 4 is 66.8 Å². The minimum atomic E-state index is -4.40. The number of thiophene rings is 1. The summed E-state index contributed by atoms with van der Waals surface area (Å²) in [5, 5.41) is 7.69. The lowest BCUT2D eigenvalue weighted by Crippen LogP contribution is -2.46. The molecule has 3 heterocycles. The predicted octanol–water partition coefficient (Wildman–Crippen LogP) is 6.78. The van der Waals surface area contributed by atoms with Crippen LogP contribution >= 0.6 is 29.8 Å². The van der Waals surface area contributed by atoms with Gasteiger partial charge in [0.15, 0.2) is 0 Å². The van der Waals surface area contributed by atoms with Crippen LogP contribution in [0.3, 0.4) is 0 Å². The SMILES string of the molecule is CN1CC[C@@H](Nc2cccc3c(CC(F)(F)F)c(C#CCNc4ccc(P(C)(C)=O)c5ncsc45)sc23)[C@@H](F)C1. The number of anilines is 2. The Balaban J connectivity index is 1.42. The summed E-state index contributed by atoms with van der Waals surface area (Å²) in [6, 6.07) is 8.39. The number of aromatic nitrogens is 1. The molecular weight excluding hydrogens is 579 g/mol. The Morgan fingerprint density at radius 2 is 1.98 bits per heavy atom. The quantitative estimate of drug-likeness (QED) is 0.144. The molecule has 0 radical (unpaired) electrons. The second kappa shape index (κ2) is 11.3. The Hall–Kier alpha value is -2.64. The Labute approximate surface area is 238 Å². The number of thiazole rings is 1. The summed E-state index contributed by atoms with van der Waals surface area (Å²) in [5.41, 5.74) is 3.93. The molecule has 1 aliphatic rings. The number of hydrogen-bond acceptors (Lipinski definition) is 7. The van der Waals surface area contributed by atoms with Gasteiger partial charge in [-0.25, -0.2) is 9.37 Å². The van der Waals surface area contributed by atoms with Crippen LogP contribution in [0.4, 0.5) is 28.9 Å². The largest absolute Gasteiger partial charge is 0.393 e. The summed E-state index contributed by atoms with van der Waals surface area (Å²) in [4.78, 5) is 6.66. The van der Waals surface area contributed by atoms with E-state index in [0.717, 1.165) is 16.9 Å². The molecule has 0 amide bonds. The zero-order valence-corrected chi connectivity index (χ0v) is 24.8. The van der Waals surface area contributed by atoms with Crippen molar-refractivity contribution in [2.24, 2.45) is 0 Å². The monoisotopic (exact) mass is 608 g/mol. The lowest BCUT2D eigenvalue weighted by Gasteiger charge is -2.33. The van der Waals surface area contributed by atoms with Gasteiger partial charge in [-0.05, 0) is 55.9 Å². The number of rotatable bonds is 6. The Morgan fingerprint density at radius 3 is 2.70 bits per heavy atom. The van der Waals surface area contributed by atoms with Gasteiger partial charge in [-0.15, -0.1) is 22.7 Å². The first-order valence-electron chi connectivity index (χ1n) is 12.8. The van der Waals surface area contributed by atoms with Crippen molar-refractivity contribution in [3.05, 3.63) is 46.3 Å². The third kappa shape index (κ3) is 6.31. The predicted molar refractivity (Wildman–Crippen MR) is 160 cm³/mol. The van der Waals surface area contributed by atoms with E-state index in [1.807, 2.05) is 18.0 Å². The van der Waals surface area contributed by atoms with Crippen molar-refractivity contribution in [1.82, 2.24) is 9.88 Å². The molecular formula is C28H29F4N4OPS2. The molecule has 0 spiro atoms. The molecule has 5 rings (SSSR count). The third-order valence-corrected chi connectivity index (χ3v) is 10.5. The molecule has 4 aromatic rings. The van der Waals surface area contributed by atoms with Gasteiger partial charge in [-0.1, -0.05) is 24.0 Å².